The fourth-order valence-electron chi connectivity index (χ4n) is 2.32. The summed E-state index contributed by atoms with van der Waals surface area (Å²) in [5.74, 6) is 2.28. The molecule has 1 unspecified atom stereocenters. The number of amides is 1. The van der Waals surface area contributed by atoms with Crippen LogP contribution in [-0.4, -0.2) is 36.6 Å². The van der Waals surface area contributed by atoms with Crippen LogP contribution in [0.1, 0.15) is 24.5 Å². The molecule has 1 aromatic carbocycles. The van der Waals surface area contributed by atoms with E-state index in [0.29, 0.717) is 32.2 Å². The number of thioether (sulfide) groups is 1. The van der Waals surface area contributed by atoms with Crippen molar-refractivity contribution in [1.82, 2.24) is 10.6 Å². The van der Waals surface area contributed by atoms with Gasteiger partial charge in [-0.3, -0.25) is 4.79 Å². The highest BCUT2D eigenvalue weighted by Crippen LogP contribution is 2.12. The zero-order valence-electron chi connectivity index (χ0n) is 12.6. The van der Waals surface area contributed by atoms with E-state index in [1.165, 1.54) is 0 Å². The van der Waals surface area contributed by atoms with Gasteiger partial charge < -0.3 is 15.4 Å². The van der Waals surface area contributed by atoms with Gasteiger partial charge in [-0.1, -0.05) is 24.3 Å². The molecule has 5 heteroatoms. The van der Waals surface area contributed by atoms with Crippen LogP contribution in [0.4, 0.5) is 0 Å². The Labute approximate surface area is 131 Å². The summed E-state index contributed by atoms with van der Waals surface area (Å²) < 4.78 is 5.46. The smallest absolute Gasteiger partial charge is 0.221 e. The molecule has 4 nitrogen and oxygen atoms in total. The maximum atomic E-state index is 12.0. The van der Waals surface area contributed by atoms with Crippen LogP contribution < -0.4 is 10.6 Å². The van der Waals surface area contributed by atoms with Crippen LogP contribution in [0.3, 0.4) is 0 Å². The van der Waals surface area contributed by atoms with Crippen LogP contribution in [0.25, 0.3) is 0 Å². The van der Waals surface area contributed by atoms with Gasteiger partial charge in [-0.15, -0.1) is 0 Å². The Morgan fingerprint density at radius 2 is 2.24 bits per heavy atom. The molecule has 0 radical (unpaired) electrons. The molecule has 1 atom stereocenters. The normalized spacial score (nSPS) is 18.4. The molecule has 1 saturated heterocycles. The van der Waals surface area contributed by atoms with Crippen molar-refractivity contribution in [2.45, 2.75) is 32.5 Å². The average Bonchev–Trinajstić information content (AvgIpc) is 2.52. The summed E-state index contributed by atoms with van der Waals surface area (Å²) in [6, 6.07) is 8.40. The number of rotatable bonds is 7. The third kappa shape index (κ3) is 5.69. The molecule has 1 aliphatic heterocycles. The minimum Gasteiger partial charge on any atom is -0.377 e. The Kier molecular flexibility index (Phi) is 7.06. The summed E-state index contributed by atoms with van der Waals surface area (Å²) >= 11 is 1.91. The second kappa shape index (κ2) is 9.07. The van der Waals surface area contributed by atoms with Crippen LogP contribution in [0, 0.1) is 0 Å². The Hall–Kier alpha value is -1.04. The van der Waals surface area contributed by atoms with Crippen molar-refractivity contribution in [1.29, 1.82) is 0 Å². The van der Waals surface area contributed by atoms with Crippen molar-refractivity contribution >= 4 is 17.7 Å². The van der Waals surface area contributed by atoms with Crippen molar-refractivity contribution < 1.29 is 9.53 Å². The van der Waals surface area contributed by atoms with Gasteiger partial charge in [-0.2, -0.15) is 11.8 Å². The highest BCUT2D eigenvalue weighted by Gasteiger charge is 2.16. The third-order valence-electron chi connectivity index (χ3n) is 3.49. The second-order valence-corrected chi connectivity index (χ2v) is 6.26. The van der Waals surface area contributed by atoms with Crippen molar-refractivity contribution in [3.05, 3.63) is 35.4 Å². The van der Waals surface area contributed by atoms with Gasteiger partial charge in [0.1, 0.15) is 0 Å². The van der Waals surface area contributed by atoms with Gasteiger partial charge in [0.15, 0.2) is 0 Å². The number of ether oxygens (including phenoxy) is 1. The summed E-state index contributed by atoms with van der Waals surface area (Å²) in [6.07, 6.45) is 0.556. The lowest BCUT2D eigenvalue weighted by Gasteiger charge is -2.22. The van der Waals surface area contributed by atoms with E-state index in [1.54, 1.807) is 0 Å². The molecule has 0 bridgehead atoms. The fourth-order valence-corrected chi connectivity index (χ4v) is 3.27. The molecular weight excluding hydrogens is 284 g/mol. The third-order valence-corrected chi connectivity index (χ3v) is 4.62. The zero-order valence-corrected chi connectivity index (χ0v) is 13.4. The Balaban J connectivity index is 1.80. The predicted octanol–water partition coefficient (Wildman–Crippen LogP) is 1.93. The number of nitrogens with one attached hydrogen (secondary N) is 2. The summed E-state index contributed by atoms with van der Waals surface area (Å²) in [7, 11) is 0. The predicted molar refractivity (Wildman–Crippen MR) is 87.4 cm³/mol. The first-order valence-corrected chi connectivity index (χ1v) is 8.67. The van der Waals surface area contributed by atoms with E-state index in [2.05, 4.69) is 16.7 Å². The van der Waals surface area contributed by atoms with E-state index in [-0.39, 0.29) is 5.91 Å². The summed E-state index contributed by atoms with van der Waals surface area (Å²) in [4.78, 5) is 12.0. The maximum Gasteiger partial charge on any atom is 0.221 e. The molecule has 0 saturated carbocycles. The van der Waals surface area contributed by atoms with Crippen molar-refractivity contribution in [2.24, 2.45) is 0 Å². The molecule has 0 aliphatic carbocycles. The van der Waals surface area contributed by atoms with Crippen molar-refractivity contribution in [3.8, 4) is 0 Å². The molecule has 116 valence electrons. The average molecular weight is 308 g/mol. The number of carbonyl (C=O) groups excluding carboxylic acids is 1. The molecule has 1 aliphatic rings. The first kappa shape index (κ1) is 16.3. The molecule has 2 N–H and O–H groups in total. The Morgan fingerprint density at radius 3 is 2.95 bits per heavy atom. The molecule has 1 fully saturated rings. The van der Waals surface area contributed by atoms with Crippen LogP contribution in [0.2, 0.25) is 0 Å². The van der Waals surface area contributed by atoms with Gasteiger partial charge in [-0.05, 0) is 18.1 Å². The van der Waals surface area contributed by atoms with Crippen LogP contribution in [-0.2, 0) is 22.7 Å². The topological polar surface area (TPSA) is 50.4 Å². The monoisotopic (exact) mass is 308 g/mol. The van der Waals surface area contributed by atoms with Crippen LogP contribution >= 0.6 is 11.8 Å². The van der Waals surface area contributed by atoms with Crippen molar-refractivity contribution in [2.75, 3.05) is 24.7 Å². The minimum absolute atomic E-state index is 0.112. The van der Waals surface area contributed by atoms with E-state index >= 15 is 0 Å². The first-order chi connectivity index (χ1) is 10.3. The van der Waals surface area contributed by atoms with Gasteiger partial charge >= 0.3 is 0 Å². The second-order valence-electron chi connectivity index (χ2n) is 5.11. The van der Waals surface area contributed by atoms with E-state index < -0.39 is 0 Å². The van der Waals surface area contributed by atoms with E-state index in [1.807, 2.05) is 36.9 Å². The number of carbonyl (C=O) groups is 1. The zero-order chi connectivity index (χ0) is 14.9. The lowest BCUT2D eigenvalue weighted by Crippen LogP contribution is -2.41. The SMILES string of the molecule is CCOCc1ccccc1CNC(=O)CC1CSCCN1. The molecule has 1 heterocycles. The lowest BCUT2D eigenvalue weighted by molar-refractivity contribution is -0.121. The van der Waals surface area contributed by atoms with Gasteiger partial charge in [0.2, 0.25) is 5.91 Å². The van der Waals surface area contributed by atoms with Gasteiger partial charge in [0.25, 0.3) is 0 Å². The van der Waals surface area contributed by atoms with E-state index in [4.69, 9.17) is 4.74 Å². The van der Waals surface area contributed by atoms with E-state index in [0.717, 1.165) is 29.2 Å². The summed E-state index contributed by atoms with van der Waals surface area (Å²) in [5.41, 5.74) is 2.27. The standard InChI is InChI=1S/C16H24N2O2S/c1-2-20-11-14-6-4-3-5-13(14)10-18-16(19)9-15-12-21-8-7-17-15/h3-6,15,17H,2,7-12H2,1H3,(H,18,19). The molecular formula is C16H24N2O2S. The van der Waals surface area contributed by atoms with Gasteiger partial charge in [0, 0.05) is 43.7 Å². The highest BCUT2D eigenvalue weighted by molar-refractivity contribution is 7.99. The molecule has 1 aromatic rings. The molecule has 0 aromatic heterocycles. The Bertz CT molecular complexity index is 448. The lowest BCUT2D eigenvalue weighted by atomic mass is 10.1. The van der Waals surface area contributed by atoms with Gasteiger partial charge in [-0.25, -0.2) is 0 Å². The molecule has 0 spiro atoms. The quantitative estimate of drug-likeness (QED) is 0.808. The van der Waals surface area contributed by atoms with E-state index in [9.17, 15) is 4.79 Å². The number of benzene rings is 1. The molecule has 21 heavy (non-hydrogen) atoms. The molecule has 1 amide bonds. The summed E-state index contributed by atoms with van der Waals surface area (Å²) in [5, 5.41) is 6.41. The fraction of sp³-hybridized carbons (Fsp3) is 0.562. The van der Waals surface area contributed by atoms with Crippen LogP contribution in [0.5, 0.6) is 0 Å². The van der Waals surface area contributed by atoms with Crippen molar-refractivity contribution in [3.63, 3.8) is 0 Å². The number of hydrogen-bond acceptors (Lipinski definition) is 4. The van der Waals surface area contributed by atoms with Gasteiger partial charge in [0.05, 0.1) is 6.61 Å². The molecule has 2 rings (SSSR count). The maximum absolute atomic E-state index is 12.0. The minimum atomic E-state index is 0.112. The highest BCUT2D eigenvalue weighted by atomic mass is 32.2. The first-order valence-electron chi connectivity index (χ1n) is 7.52. The largest absolute Gasteiger partial charge is 0.377 e. The van der Waals surface area contributed by atoms with Crippen LogP contribution in [0.15, 0.2) is 24.3 Å². The summed E-state index contributed by atoms with van der Waals surface area (Å²) in [6.45, 7) is 4.86. The number of hydrogen-bond donors (Lipinski definition) is 2. The Morgan fingerprint density at radius 1 is 1.43 bits per heavy atom.